The molecule has 1 amide bonds. The van der Waals surface area contributed by atoms with E-state index in [1.165, 1.54) is 24.3 Å². The van der Waals surface area contributed by atoms with E-state index >= 15 is 0 Å². The number of ether oxygens (including phenoxy) is 1. The van der Waals surface area contributed by atoms with Crippen LogP contribution in [0.15, 0.2) is 29.3 Å². The van der Waals surface area contributed by atoms with Gasteiger partial charge in [0.05, 0.1) is 6.54 Å². The zero-order valence-corrected chi connectivity index (χ0v) is 21.7. The Morgan fingerprint density at radius 2 is 1.84 bits per heavy atom. The van der Waals surface area contributed by atoms with Gasteiger partial charge in [-0.3, -0.25) is 9.79 Å². The Morgan fingerprint density at radius 1 is 1.22 bits per heavy atom. The predicted molar refractivity (Wildman–Crippen MR) is 136 cm³/mol. The summed E-state index contributed by atoms with van der Waals surface area (Å²) in [7, 11) is 0. The lowest BCUT2D eigenvalue weighted by molar-refractivity contribution is -0.136. The minimum Gasteiger partial charge on any atom is -0.491 e. The van der Waals surface area contributed by atoms with E-state index in [1.807, 2.05) is 11.8 Å². The van der Waals surface area contributed by atoms with Crippen LogP contribution in [-0.4, -0.2) is 66.8 Å². The molecular formula is C23H38FIN4O3. The molecule has 1 aliphatic heterocycles. The van der Waals surface area contributed by atoms with Crippen LogP contribution in [0.5, 0.6) is 5.75 Å². The van der Waals surface area contributed by atoms with Crippen LogP contribution in [0.25, 0.3) is 0 Å². The number of likely N-dealkylation sites (tertiary alicyclic amines) is 1. The van der Waals surface area contributed by atoms with Gasteiger partial charge in [-0.2, -0.15) is 0 Å². The average Bonchev–Trinajstić information content (AvgIpc) is 2.78. The normalized spacial score (nSPS) is 15.8. The van der Waals surface area contributed by atoms with Crippen LogP contribution in [-0.2, 0) is 4.79 Å². The summed E-state index contributed by atoms with van der Waals surface area (Å²) in [5.74, 6) is 1.22. The number of rotatable bonds is 10. The molecule has 1 heterocycles. The van der Waals surface area contributed by atoms with Crippen molar-refractivity contribution in [1.29, 1.82) is 0 Å². The van der Waals surface area contributed by atoms with E-state index < -0.39 is 6.10 Å². The number of carbonyl (C=O) groups excluding carboxylic acids is 1. The van der Waals surface area contributed by atoms with Crippen molar-refractivity contribution >= 4 is 35.8 Å². The van der Waals surface area contributed by atoms with Gasteiger partial charge in [-0.1, -0.05) is 13.8 Å². The summed E-state index contributed by atoms with van der Waals surface area (Å²) < 4.78 is 18.4. The fraction of sp³-hybridized carbons (Fsp3) is 0.652. The Labute approximate surface area is 208 Å². The van der Waals surface area contributed by atoms with Crippen LogP contribution in [0.2, 0.25) is 0 Å². The van der Waals surface area contributed by atoms with Crippen LogP contribution in [0.3, 0.4) is 0 Å². The first-order chi connectivity index (χ1) is 15.0. The summed E-state index contributed by atoms with van der Waals surface area (Å²) >= 11 is 0. The third kappa shape index (κ3) is 9.48. The standard InChI is InChI=1S/C23H37FN4O3.HI/c1-4-17(5-2)22(30)28-13-11-19(12-14-28)27-23(25-6-3)26-15-20(29)16-31-21-9-7-18(24)8-10-21;/h7-10,17,19-20,29H,4-6,11-16H2,1-3H3,(H2,25,26,27);1H. The van der Waals surface area contributed by atoms with E-state index in [9.17, 15) is 14.3 Å². The number of guanidine groups is 1. The maximum Gasteiger partial charge on any atom is 0.225 e. The smallest absolute Gasteiger partial charge is 0.225 e. The highest BCUT2D eigenvalue weighted by Crippen LogP contribution is 2.17. The second-order valence-corrected chi connectivity index (χ2v) is 7.90. The molecule has 182 valence electrons. The van der Waals surface area contributed by atoms with Crippen molar-refractivity contribution in [2.75, 3.05) is 32.8 Å². The van der Waals surface area contributed by atoms with Crippen LogP contribution >= 0.6 is 24.0 Å². The summed E-state index contributed by atoms with van der Waals surface area (Å²) in [4.78, 5) is 19.0. The highest BCUT2D eigenvalue weighted by molar-refractivity contribution is 14.0. The van der Waals surface area contributed by atoms with E-state index in [0.29, 0.717) is 18.3 Å². The number of aliphatic hydroxyl groups is 1. The average molecular weight is 564 g/mol. The molecule has 3 N–H and O–H groups in total. The summed E-state index contributed by atoms with van der Waals surface area (Å²) in [5.41, 5.74) is 0. The Balaban J connectivity index is 0.00000512. The Kier molecular flexibility index (Phi) is 13.5. The monoisotopic (exact) mass is 564 g/mol. The molecule has 1 unspecified atom stereocenters. The molecule has 0 radical (unpaired) electrons. The molecule has 2 rings (SSSR count). The molecule has 1 aromatic carbocycles. The maximum absolute atomic E-state index is 12.9. The SMILES string of the molecule is CCNC(=NCC(O)COc1ccc(F)cc1)NC1CCN(C(=O)C(CC)CC)CC1.I. The number of nitrogens with zero attached hydrogens (tertiary/aromatic N) is 2. The minimum atomic E-state index is -0.778. The lowest BCUT2D eigenvalue weighted by Crippen LogP contribution is -2.50. The third-order valence-electron chi connectivity index (χ3n) is 5.54. The highest BCUT2D eigenvalue weighted by Gasteiger charge is 2.26. The molecule has 1 aliphatic rings. The lowest BCUT2D eigenvalue weighted by atomic mass is 9.98. The summed E-state index contributed by atoms with van der Waals surface area (Å²) in [6.07, 6.45) is 2.73. The number of carbonyl (C=O) groups is 1. The Hall–Kier alpha value is -1.62. The highest BCUT2D eigenvalue weighted by atomic mass is 127. The molecule has 0 bridgehead atoms. The van der Waals surface area contributed by atoms with Crippen molar-refractivity contribution in [2.45, 2.75) is 58.6 Å². The van der Waals surface area contributed by atoms with E-state index in [2.05, 4.69) is 29.5 Å². The van der Waals surface area contributed by atoms with Gasteiger partial charge in [0.25, 0.3) is 0 Å². The van der Waals surface area contributed by atoms with Crippen molar-refractivity contribution < 1.29 is 19.0 Å². The van der Waals surface area contributed by atoms with Gasteiger partial charge in [0.15, 0.2) is 5.96 Å². The van der Waals surface area contributed by atoms with Gasteiger partial charge in [-0.25, -0.2) is 4.39 Å². The molecule has 7 nitrogen and oxygen atoms in total. The third-order valence-corrected chi connectivity index (χ3v) is 5.54. The van der Waals surface area contributed by atoms with E-state index in [-0.39, 0.29) is 60.8 Å². The molecule has 1 fully saturated rings. The van der Waals surface area contributed by atoms with Gasteiger partial charge >= 0.3 is 0 Å². The zero-order valence-electron chi connectivity index (χ0n) is 19.3. The van der Waals surface area contributed by atoms with Crippen LogP contribution in [0, 0.1) is 11.7 Å². The van der Waals surface area contributed by atoms with Gasteiger partial charge in [0.1, 0.15) is 24.3 Å². The molecule has 32 heavy (non-hydrogen) atoms. The minimum absolute atomic E-state index is 0. The molecule has 1 aromatic rings. The second-order valence-electron chi connectivity index (χ2n) is 7.90. The first kappa shape index (κ1) is 28.4. The first-order valence-corrected chi connectivity index (χ1v) is 11.4. The molecular weight excluding hydrogens is 526 g/mol. The molecule has 1 atom stereocenters. The van der Waals surface area contributed by atoms with E-state index in [0.717, 1.165) is 38.8 Å². The molecule has 0 aromatic heterocycles. The molecule has 0 aliphatic carbocycles. The number of piperidine rings is 1. The van der Waals surface area contributed by atoms with Crippen LogP contribution < -0.4 is 15.4 Å². The number of nitrogens with one attached hydrogen (secondary N) is 2. The fourth-order valence-electron chi connectivity index (χ4n) is 3.63. The predicted octanol–water partition coefficient (Wildman–Crippen LogP) is 3.17. The fourth-order valence-corrected chi connectivity index (χ4v) is 3.63. The molecule has 9 heteroatoms. The number of hydrogen-bond donors (Lipinski definition) is 3. The van der Waals surface area contributed by atoms with Gasteiger partial charge in [-0.15, -0.1) is 24.0 Å². The maximum atomic E-state index is 12.9. The first-order valence-electron chi connectivity index (χ1n) is 11.4. The Morgan fingerprint density at radius 3 is 2.41 bits per heavy atom. The molecule has 1 saturated heterocycles. The Bertz CT molecular complexity index is 693. The number of hydrogen-bond acceptors (Lipinski definition) is 4. The van der Waals surface area contributed by atoms with E-state index in [4.69, 9.17) is 4.74 Å². The van der Waals surface area contributed by atoms with Crippen molar-refractivity contribution in [3.63, 3.8) is 0 Å². The number of aliphatic hydroxyl groups excluding tert-OH is 1. The summed E-state index contributed by atoms with van der Waals surface area (Å²) in [6.45, 7) is 8.59. The van der Waals surface area contributed by atoms with Crippen molar-refractivity contribution in [3.8, 4) is 5.75 Å². The van der Waals surface area contributed by atoms with Crippen molar-refractivity contribution in [1.82, 2.24) is 15.5 Å². The molecule has 0 saturated carbocycles. The number of aliphatic imine (C=N–C) groups is 1. The largest absolute Gasteiger partial charge is 0.491 e. The number of benzene rings is 1. The summed E-state index contributed by atoms with van der Waals surface area (Å²) in [5, 5.41) is 16.8. The quantitative estimate of drug-likeness (QED) is 0.231. The zero-order chi connectivity index (χ0) is 22.6. The topological polar surface area (TPSA) is 86.2 Å². The number of halogens is 2. The van der Waals surface area contributed by atoms with Crippen LogP contribution in [0.4, 0.5) is 4.39 Å². The lowest BCUT2D eigenvalue weighted by Gasteiger charge is -2.35. The van der Waals surface area contributed by atoms with Gasteiger partial charge in [-0.05, 0) is 56.9 Å². The van der Waals surface area contributed by atoms with Gasteiger partial charge < -0.3 is 25.4 Å². The van der Waals surface area contributed by atoms with Crippen molar-refractivity contribution in [3.05, 3.63) is 30.1 Å². The van der Waals surface area contributed by atoms with Crippen molar-refractivity contribution in [2.24, 2.45) is 10.9 Å². The summed E-state index contributed by atoms with van der Waals surface area (Å²) in [6, 6.07) is 5.91. The number of amides is 1. The van der Waals surface area contributed by atoms with Gasteiger partial charge in [0.2, 0.25) is 5.91 Å². The van der Waals surface area contributed by atoms with Crippen LogP contribution in [0.1, 0.15) is 46.5 Å². The van der Waals surface area contributed by atoms with E-state index in [1.54, 1.807) is 0 Å². The van der Waals surface area contributed by atoms with Gasteiger partial charge in [0, 0.05) is 31.6 Å². The molecule has 0 spiro atoms. The second kappa shape index (κ2) is 15.3.